The molecule has 6 heteroatoms. The third-order valence-corrected chi connectivity index (χ3v) is 8.13. The summed E-state index contributed by atoms with van der Waals surface area (Å²) < 4.78 is 6.11. The molecule has 2 aromatic carbocycles. The van der Waals surface area contributed by atoms with Crippen molar-refractivity contribution in [3.05, 3.63) is 63.8 Å². The van der Waals surface area contributed by atoms with Gasteiger partial charge in [-0.25, -0.2) is 4.79 Å². The lowest BCUT2D eigenvalue weighted by Crippen LogP contribution is -2.44. The van der Waals surface area contributed by atoms with Crippen LogP contribution in [0.5, 0.6) is 5.75 Å². The van der Waals surface area contributed by atoms with Crippen LogP contribution in [0.4, 0.5) is 5.69 Å². The number of thioether (sulfide) groups is 1. The minimum Gasteiger partial charge on any atom is -0.511 e. The molecule has 0 radical (unpaired) electrons. The second-order valence-electron chi connectivity index (χ2n) is 10.8. The zero-order valence-corrected chi connectivity index (χ0v) is 21.5. The Labute approximate surface area is 206 Å². The van der Waals surface area contributed by atoms with E-state index in [1.807, 2.05) is 26.0 Å². The SMILES string of the molecule is CC(C)C1(CCc2ccc(O)cc2)CC(O)=C(Sc2cc3c(cc2C(C)(C)C)NCC3)C(=O)O1. The summed E-state index contributed by atoms with van der Waals surface area (Å²) in [5.41, 5.74) is 3.72. The molecular formula is C28H35NO4S. The molecule has 182 valence electrons. The fourth-order valence-corrected chi connectivity index (χ4v) is 5.93. The van der Waals surface area contributed by atoms with Gasteiger partial charge in [-0.15, -0.1) is 0 Å². The number of phenolic OH excluding ortho intramolecular Hbond substituents is 1. The minimum atomic E-state index is -0.766. The predicted molar refractivity (Wildman–Crippen MR) is 138 cm³/mol. The van der Waals surface area contributed by atoms with Crippen LogP contribution in [0.25, 0.3) is 0 Å². The number of rotatable bonds is 6. The first-order valence-electron chi connectivity index (χ1n) is 12.0. The summed E-state index contributed by atoms with van der Waals surface area (Å²) in [6, 6.07) is 11.4. The number of esters is 1. The molecule has 2 aromatic rings. The number of hydrogen-bond donors (Lipinski definition) is 3. The highest BCUT2D eigenvalue weighted by Gasteiger charge is 2.44. The van der Waals surface area contributed by atoms with Gasteiger partial charge >= 0.3 is 5.97 Å². The van der Waals surface area contributed by atoms with E-state index in [1.165, 1.54) is 17.3 Å². The number of carbonyl (C=O) groups is 1. The van der Waals surface area contributed by atoms with Gasteiger partial charge in [0.1, 0.15) is 22.0 Å². The molecule has 2 heterocycles. The maximum absolute atomic E-state index is 13.3. The van der Waals surface area contributed by atoms with Crippen molar-refractivity contribution in [2.75, 3.05) is 11.9 Å². The number of hydrogen-bond acceptors (Lipinski definition) is 6. The van der Waals surface area contributed by atoms with Crippen LogP contribution in [-0.2, 0) is 27.8 Å². The quantitative estimate of drug-likeness (QED) is 0.409. The monoisotopic (exact) mass is 481 g/mol. The highest BCUT2D eigenvalue weighted by atomic mass is 32.2. The third kappa shape index (κ3) is 4.92. The predicted octanol–water partition coefficient (Wildman–Crippen LogP) is 6.49. The summed E-state index contributed by atoms with van der Waals surface area (Å²) in [5.74, 6) is -0.0742. The molecule has 0 bridgehead atoms. The molecule has 5 nitrogen and oxygen atoms in total. The Hall–Kier alpha value is -2.60. The molecule has 0 aliphatic carbocycles. The Morgan fingerprint density at radius 2 is 1.85 bits per heavy atom. The molecule has 4 rings (SSSR count). The molecule has 2 aliphatic heterocycles. The number of anilines is 1. The molecule has 0 saturated heterocycles. The molecule has 0 spiro atoms. The molecule has 1 atom stereocenters. The molecular weight excluding hydrogens is 446 g/mol. The van der Waals surface area contributed by atoms with E-state index in [2.05, 4.69) is 38.2 Å². The van der Waals surface area contributed by atoms with Crippen molar-refractivity contribution in [2.45, 2.75) is 76.2 Å². The van der Waals surface area contributed by atoms with E-state index in [9.17, 15) is 15.0 Å². The van der Waals surface area contributed by atoms with Crippen LogP contribution in [0.15, 0.2) is 52.0 Å². The van der Waals surface area contributed by atoms with Crippen molar-refractivity contribution >= 4 is 23.4 Å². The van der Waals surface area contributed by atoms with E-state index >= 15 is 0 Å². The summed E-state index contributed by atoms with van der Waals surface area (Å²) in [5, 5.41) is 24.1. The van der Waals surface area contributed by atoms with E-state index in [0.29, 0.717) is 19.3 Å². The van der Waals surface area contributed by atoms with Crippen molar-refractivity contribution < 1.29 is 19.7 Å². The van der Waals surface area contributed by atoms with Gasteiger partial charge in [0.15, 0.2) is 0 Å². The summed E-state index contributed by atoms with van der Waals surface area (Å²) >= 11 is 1.33. The summed E-state index contributed by atoms with van der Waals surface area (Å²) in [4.78, 5) is 14.6. The van der Waals surface area contributed by atoms with Crippen molar-refractivity contribution in [3.8, 4) is 5.75 Å². The average molecular weight is 482 g/mol. The first-order valence-corrected chi connectivity index (χ1v) is 12.8. The Bertz CT molecular complexity index is 1110. The molecule has 0 aromatic heterocycles. The number of aliphatic hydroxyl groups excluding tert-OH is 1. The number of benzene rings is 2. The zero-order valence-electron chi connectivity index (χ0n) is 20.7. The van der Waals surface area contributed by atoms with Gasteiger partial charge in [0.05, 0.1) is 0 Å². The normalized spacial score (nSPS) is 20.4. The van der Waals surface area contributed by atoms with Crippen LogP contribution < -0.4 is 5.32 Å². The zero-order chi connectivity index (χ0) is 24.7. The maximum Gasteiger partial charge on any atom is 0.349 e. The maximum atomic E-state index is 13.3. The Morgan fingerprint density at radius 3 is 2.47 bits per heavy atom. The van der Waals surface area contributed by atoms with Crippen molar-refractivity contribution in [3.63, 3.8) is 0 Å². The van der Waals surface area contributed by atoms with E-state index in [-0.39, 0.29) is 27.7 Å². The molecule has 34 heavy (non-hydrogen) atoms. The number of fused-ring (bicyclic) bond motifs is 1. The van der Waals surface area contributed by atoms with Crippen molar-refractivity contribution in [1.82, 2.24) is 0 Å². The van der Waals surface area contributed by atoms with E-state index in [0.717, 1.165) is 34.7 Å². The standard InChI is InChI=1S/C28H35NO4S/c1-17(2)28(12-10-18-6-8-20(30)9-7-18)16-23(31)25(26(32)33-28)34-24-14-19-11-13-29-22(19)15-21(24)27(3,4)5/h6-9,14-15,17,29-31H,10-13,16H2,1-5H3. The second-order valence-corrected chi connectivity index (χ2v) is 11.8. The number of ether oxygens (including phenoxy) is 1. The number of nitrogens with one attached hydrogen (secondary N) is 1. The van der Waals surface area contributed by atoms with Crippen LogP contribution in [-0.4, -0.2) is 28.3 Å². The van der Waals surface area contributed by atoms with Gasteiger partial charge in [0.2, 0.25) is 0 Å². The molecule has 0 amide bonds. The van der Waals surface area contributed by atoms with Crippen LogP contribution in [0.3, 0.4) is 0 Å². The number of carbonyl (C=O) groups excluding carboxylic acids is 1. The number of aromatic hydroxyl groups is 1. The molecule has 2 aliphatic rings. The molecule has 0 fully saturated rings. The van der Waals surface area contributed by atoms with Crippen LogP contribution >= 0.6 is 11.8 Å². The smallest absolute Gasteiger partial charge is 0.349 e. The van der Waals surface area contributed by atoms with Gasteiger partial charge in [0.25, 0.3) is 0 Å². The van der Waals surface area contributed by atoms with Gasteiger partial charge in [-0.3, -0.25) is 0 Å². The lowest BCUT2D eigenvalue weighted by Gasteiger charge is -2.40. The fraction of sp³-hybridized carbons (Fsp3) is 0.464. The summed E-state index contributed by atoms with van der Waals surface area (Å²) in [6.45, 7) is 11.5. The van der Waals surface area contributed by atoms with Crippen molar-refractivity contribution in [2.24, 2.45) is 5.92 Å². The van der Waals surface area contributed by atoms with Crippen LogP contribution in [0, 0.1) is 5.92 Å². The first kappa shape index (κ1) is 24.5. The minimum absolute atomic E-state index is 0.0403. The number of aryl methyl sites for hydroxylation is 1. The topological polar surface area (TPSA) is 78.8 Å². The van der Waals surface area contributed by atoms with E-state index < -0.39 is 11.6 Å². The number of phenols is 1. The lowest BCUT2D eigenvalue weighted by atomic mass is 9.80. The average Bonchev–Trinajstić information content (AvgIpc) is 3.22. The molecule has 0 saturated carbocycles. The Kier molecular flexibility index (Phi) is 6.65. The largest absolute Gasteiger partial charge is 0.511 e. The number of cyclic esters (lactones) is 1. The molecule has 1 unspecified atom stereocenters. The van der Waals surface area contributed by atoms with E-state index in [1.54, 1.807) is 12.1 Å². The third-order valence-electron chi connectivity index (χ3n) is 6.97. The Balaban J connectivity index is 1.61. The van der Waals surface area contributed by atoms with E-state index in [4.69, 9.17) is 4.74 Å². The highest BCUT2D eigenvalue weighted by molar-refractivity contribution is 8.04. The van der Waals surface area contributed by atoms with Gasteiger partial charge in [-0.05, 0) is 71.6 Å². The van der Waals surface area contributed by atoms with Gasteiger partial charge in [-0.2, -0.15) is 0 Å². The Morgan fingerprint density at radius 1 is 1.15 bits per heavy atom. The van der Waals surface area contributed by atoms with Gasteiger partial charge < -0.3 is 20.3 Å². The highest BCUT2D eigenvalue weighted by Crippen LogP contribution is 2.46. The molecule has 3 N–H and O–H groups in total. The van der Waals surface area contributed by atoms with Gasteiger partial charge in [0, 0.05) is 23.5 Å². The van der Waals surface area contributed by atoms with Crippen LogP contribution in [0.2, 0.25) is 0 Å². The lowest BCUT2D eigenvalue weighted by molar-refractivity contribution is -0.164. The summed E-state index contributed by atoms with van der Waals surface area (Å²) in [7, 11) is 0. The summed E-state index contributed by atoms with van der Waals surface area (Å²) in [6.07, 6.45) is 2.54. The second kappa shape index (κ2) is 9.21. The van der Waals surface area contributed by atoms with Gasteiger partial charge in [-0.1, -0.05) is 58.5 Å². The first-order chi connectivity index (χ1) is 16.0. The number of aliphatic hydroxyl groups is 1. The fourth-order valence-electron chi connectivity index (χ4n) is 4.72. The van der Waals surface area contributed by atoms with Crippen molar-refractivity contribution in [1.29, 1.82) is 0 Å². The van der Waals surface area contributed by atoms with Crippen LogP contribution in [0.1, 0.15) is 64.2 Å².